The van der Waals surface area contributed by atoms with Gasteiger partial charge in [0.1, 0.15) is 12.4 Å². The van der Waals surface area contributed by atoms with Gasteiger partial charge in [0.2, 0.25) is 0 Å². The van der Waals surface area contributed by atoms with Crippen LogP contribution in [0, 0.1) is 6.92 Å². The van der Waals surface area contributed by atoms with Gasteiger partial charge in [0.15, 0.2) is 6.10 Å². The van der Waals surface area contributed by atoms with Crippen molar-refractivity contribution in [3.05, 3.63) is 59.7 Å². The first kappa shape index (κ1) is 34.7. The van der Waals surface area contributed by atoms with Crippen LogP contribution >= 0.6 is 0 Å². The summed E-state index contributed by atoms with van der Waals surface area (Å²) in [5.74, 6) is -12.2. The summed E-state index contributed by atoms with van der Waals surface area (Å²) in [6, 6.07) is 12.6. The molecule has 2 aromatic carbocycles. The van der Waals surface area contributed by atoms with E-state index in [9.17, 15) is 45.4 Å². The van der Waals surface area contributed by atoms with Crippen LogP contribution in [0.5, 0.6) is 5.75 Å². The third-order valence-electron chi connectivity index (χ3n) is 6.16. The summed E-state index contributed by atoms with van der Waals surface area (Å²) >= 11 is 0. The number of nitrogens with zero attached hydrogens (tertiary/aromatic N) is 1. The van der Waals surface area contributed by atoms with Crippen molar-refractivity contribution in [2.24, 2.45) is 0 Å². The average molecular weight is 611 g/mol. The molecule has 0 spiro atoms. The van der Waals surface area contributed by atoms with E-state index in [1.54, 1.807) is 62.4 Å². The van der Waals surface area contributed by atoms with Crippen LogP contribution in [0.25, 0.3) is 0 Å². The van der Waals surface area contributed by atoms with E-state index in [0.717, 1.165) is 5.56 Å². The van der Waals surface area contributed by atoms with Gasteiger partial charge in [-0.2, -0.15) is 30.7 Å². The zero-order valence-corrected chi connectivity index (χ0v) is 23.0. The minimum Gasteiger partial charge on any atom is -0.492 e. The van der Waals surface area contributed by atoms with Crippen molar-refractivity contribution >= 4 is 17.7 Å². The molecule has 0 bridgehead atoms. The topological polar surface area (TPSA) is 88.1 Å². The summed E-state index contributed by atoms with van der Waals surface area (Å²) in [5.41, 5.74) is 1.95. The number of hydrogen-bond donors (Lipinski definition) is 2. The van der Waals surface area contributed by atoms with Gasteiger partial charge < -0.3 is 24.8 Å². The molecule has 1 unspecified atom stereocenters. The second kappa shape index (κ2) is 15.1. The summed E-state index contributed by atoms with van der Waals surface area (Å²) in [4.78, 5) is 25.3. The fourth-order valence-electron chi connectivity index (χ4n) is 3.88. The number of ether oxygens (including phenoxy) is 2. The molecule has 0 aliphatic heterocycles. The second-order valence-electron chi connectivity index (χ2n) is 9.50. The molecule has 0 aromatic heterocycles. The largest absolute Gasteiger partial charge is 0.492 e. The van der Waals surface area contributed by atoms with Gasteiger partial charge in [-0.25, -0.2) is 9.59 Å². The van der Waals surface area contributed by atoms with E-state index in [2.05, 4.69) is 5.32 Å². The van der Waals surface area contributed by atoms with Crippen LogP contribution in [0.1, 0.15) is 37.3 Å². The number of carboxylic acid groups (broad SMARTS) is 1. The molecule has 7 nitrogen and oxygen atoms in total. The molecule has 0 saturated heterocycles. The first-order valence-electron chi connectivity index (χ1n) is 13.1. The fraction of sp³-hybridized carbons (Fsp3) is 0.500. The van der Waals surface area contributed by atoms with Gasteiger partial charge in [0, 0.05) is 31.7 Å². The van der Waals surface area contributed by atoms with Crippen molar-refractivity contribution in [3.8, 4) is 5.75 Å². The Hall–Kier alpha value is -3.55. The smallest absolute Gasteiger partial charge is 0.459 e. The van der Waals surface area contributed by atoms with Gasteiger partial charge >= 0.3 is 30.0 Å². The van der Waals surface area contributed by atoms with Crippen molar-refractivity contribution < 1.29 is 54.9 Å². The molecule has 0 heterocycles. The zero-order valence-electron chi connectivity index (χ0n) is 23.0. The highest BCUT2D eigenvalue weighted by atomic mass is 19.4. The lowest BCUT2D eigenvalue weighted by Gasteiger charge is -2.28. The Kier molecular flexibility index (Phi) is 12.4. The number of aliphatic carboxylic acids is 1. The molecular weight excluding hydrogens is 577 g/mol. The molecule has 1 atom stereocenters. The van der Waals surface area contributed by atoms with Crippen molar-refractivity contribution in [1.82, 2.24) is 4.90 Å². The van der Waals surface area contributed by atoms with Crippen molar-refractivity contribution in [2.75, 3.05) is 31.6 Å². The molecule has 0 radical (unpaired) electrons. The van der Waals surface area contributed by atoms with Crippen LogP contribution in [-0.2, 0) is 16.0 Å². The van der Waals surface area contributed by atoms with Crippen molar-refractivity contribution in [1.29, 1.82) is 0 Å². The third-order valence-corrected chi connectivity index (χ3v) is 6.16. The average Bonchev–Trinajstić information content (AvgIpc) is 2.89. The van der Waals surface area contributed by atoms with Crippen LogP contribution in [0.15, 0.2) is 48.5 Å². The molecule has 14 heteroatoms. The van der Waals surface area contributed by atoms with E-state index in [1.807, 2.05) is 0 Å². The first-order chi connectivity index (χ1) is 19.6. The number of carbonyl (C=O) groups is 2. The van der Waals surface area contributed by atoms with Crippen molar-refractivity contribution in [3.63, 3.8) is 0 Å². The number of alkyl halides is 7. The van der Waals surface area contributed by atoms with Gasteiger partial charge in [-0.3, -0.25) is 0 Å². The Balaban J connectivity index is 2.00. The van der Waals surface area contributed by atoms with E-state index in [4.69, 9.17) is 9.47 Å². The fourth-order valence-corrected chi connectivity index (χ4v) is 3.88. The zero-order chi connectivity index (χ0) is 31.6. The Bertz CT molecular complexity index is 1160. The number of carboxylic acids is 1. The first-order valence-corrected chi connectivity index (χ1v) is 13.1. The van der Waals surface area contributed by atoms with Gasteiger partial charge in [0.25, 0.3) is 0 Å². The quantitative estimate of drug-likeness (QED) is 0.159. The van der Waals surface area contributed by atoms with Gasteiger partial charge in [0.05, 0.1) is 6.54 Å². The minimum absolute atomic E-state index is 0.0695. The number of halogens is 7. The summed E-state index contributed by atoms with van der Waals surface area (Å²) in [6.07, 6.45) is -9.97. The van der Waals surface area contributed by atoms with Crippen LogP contribution in [-0.4, -0.2) is 72.4 Å². The molecule has 2 amide bonds. The molecule has 2 rings (SSSR count). The Morgan fingerprint density at radius 2 is 1.64 bits per heavy atom. The lowest BCUT2D eigenvalue weighted by molar-refractivity contribution is -0.355. The molecule has 0 aliphatic rings. The molecule has 234 valence electrons. The number of carbonyl (C=O) groups excluding carboxylic acids is 1. The molecule has 2 aromatic rings. The van der Waals surface area contributed by atoms with Crippen molar-refractivity contribution in [2.45, 2.75) is 63.7 Å². The van der Waals surface area contributed by atoms with Crippen LogP contribution in [0.3, 0.4) is 0 Å². The minimum atomic E-state index is -6.40. The standard InChI is InChI=1S/C28H33F7N2O5/c1-3-41-23(24(38)39)18-20-9-11-22(12-10-20)42-16-15-37(25(40)36-21-8-6-7-19(2)17-21)14-5-4-13-26(29,30)27(31,32)28(33,34)35/h6-12,17,23H,3-5,13-16,18H2,1-2H3,(H,36,40)(H,38,39). The Labute approximate surface area is 238 Å². The van der Waals surface area contributed by atoms with E-state index >= 15 is 0 Å². The molecular formula is C28H33F7N2O5. The van der Waals surface area contributed by atoms with Gasteiger partial charge in [-0.05, 0) is 62.1 Å². The molecule has 2 N–H and O–H groups in total. The summed E-state index contributed by atoms with van der Waals surface area (Å²) in [6.45, 7) is 3.34. The highest BCUT2D eigenvalue weighted by Gasteiger charge is 2.72. The third kappa shape index (κ3) is 10.1. The molecule has 0 saturated carbocycles. The SMILES string of the molecule is CCOC(Cc1ccc(OCCN(CCCCC(F)(F)C(F)(F)C(F)(F)F)C(=O)Nc2cccc(C)c2)cc1)C(=O)O. The number of amides is 2. The maximum absolute atomic E-state index is 13.7. The lowest BCUT2D eigenvalue weighted by atomic mass is 10.0. The summed E-state index contributed by atoms with van der Waals surface area (Å²) in [5, 5.41) is 11.9. The maximum Gasteiger partial charge on any atom is 0.459 e. The van der Waals surface area contributed by atoms with E-state index < -0.39 is 49.0 Å². The van der Waals surface area contributed by atoms with E-state index in [0.29, 0.717) is 17.0 Å². The number of unbranched alkanes of at least 4 members (excludes halogenated alkanes) is 1. The van der Waals surface area contributed by atoms with Crippen LogP contribution in [0.2, 0.25) is 0 Å². The maximum atomic E-state index is 13.7. The summed E-state index contributed by atoms with van der Waals surface area (Å²) < 4.78 is 102. The van der Waals surface area contributed by atoms with Crippen LogP contribution < -0.4 is 10.1 Å². The highest BCUT2D eigenvalue weighted by Crippen LogP contribution is 2.48. The number of benzene rings is 2. The van der Waals surface area contributed by atoms with E-state index in [1.165, 1.54) is 4.90 Å². The van der Waals surface area contributed by atoms with Gasteiger partial charge in [-0.15, -0.1) is 0 Å². The van der Waals surface area contributed by atoms with Gasteiger partial charge in [-0.1, -0.05) is 24.3 Å². The second-order valence-corrected chi connectivity index (χ2v) is 9.50. The number of hydrogen-bond acceptors (Lipinski definition) is 4. The Morgan fingerprint density at radius 1 is 0.976 bits per heavy atom. The molecule has 0 aliphatic carbocycles. The number of aryl methyl sites for hydroxylation is 1. The van der Waals surface area contributed by atoms with Crippen LogP contribution in [0.4, 0.5) is 41.2 Å². The summed E-state index contributed by atoms with van der Waals surface area (Å²) in [7, 11) is 0. The lowest BCUT2D eigenvalue weighted by Crippen LogP contribution is -2.51. The number of urea groups is 1. The Morgan fingerprint density at radius 3 is 2.21 bits per heavy atom. The predicted molar refractivity (Wildman–Crippen MR) is 140 cm³/mol. The molecule has 0 fully saturated rings. The van der Waals surface area contributed by atoms with E-state index in [-0.39, 0.29) is 39.1 Å². The number of rotatable bonds is 16. The number of nitrogens with one attached hydrogen (secondary N) is 1. The highest BCUT2D eigenvalue weighted by molar-refractivity contribution is 5.89. The normalized spacial score (nSPS) is 13.0. The monoisotopic (exact) mass is 610 g/mol. The predicted octanol–water partition coefficient (Wildman–Crippen LogP) is 6.94. The molecule has 42 heavy (non-hydrogen) atoms. The number of anilines is 1.